The molecular weight excluding hydrogens is 182 g/mol. The van der Waals surface area contributed by atoms with E-state index in [0.29, 0.717) is 5.92 Å². The molecule has 1 saturated heterocycles. The number of benzene rings is 1. The van der Waals surface area contributed by atoms with Crippen molar-refractivity contribution in [2.75, 3.05) is 13.1 Å². The molecule has 1 atom stereocenters. The lowest BCUT2D eigenvalue weighted by molar-refractivity contribution is 0.763. The minimum absolute atomic E-state index is 0.665. The minimum Gasteiger partial charge on any atom is -0.316 e. The van der Waals surface area contributed by atoms with Crippen molar-refractivity contribution in [2.45, 2.75) is 19.3 Å². The molecule has 0 spiro atoms. The maximum Gasteiger partial charge on any atom is 0.0438 e. The summed E-state index contributed by atoms with van der Waals surface area (Å²) in [5, 5.41) is 4.25. The predicted molar refractivity (Wildman–Crippen MR) is 56.4 cm³/mol. The summed E-state index contributed by atoms with van der Waals surface area (Å²) in [4.78, 5) is 0. The standard InChI is InChI=1S/C11H14ClN/c1-8-2-3-9(6-11(8)12)10-4-5-13-7-10/h2-3,6,10,13H,4-5,7H2,1H3. The monoisotopic (exact) mass is 195 g/mol. The van der Waals surface area contributed by atoms with Gasteiger partial charge in [0, 0.05) is 11.6 Å². The Balaban J connectivity index is 2.25. The Kier molecular flexibility index (Phi) is 2.56. The van der Waals surface area contributed by atoms with Crippen LogP contribution in [0.1, 0.15) is 23.5 Å². The van der Waals surface area contributed by atoms with Crippen molar-refractivity contribution in [2.24, 2.45) is 0 Å². The summed E-state index contributed by atoms with van der Waals surface area (Å²) in [5.41, 5.74) is 2.54. The van der Waals surface area contributed by atoms with E-state index >= 15 is 0 Å². The van der Waals surface area contributed by atoms with E-state index in [4.69, 9.17) is 11.6 Å². The highest BCUT2D eigenvalue weighted by molar-refractivity contribution is 6.31. The Morgan fingerprint density at radius 3 is 2.92 bits per heavy atom. The van der Waals surface area contributed by atoms with Crippen molar-refractivity contribution < 1.29 is 0 Å². The average molecular weight is 196 g/mol. The molecule has 2 heteroatoms. The van der Waals surface area contributed by atoms with Crippen LogP contribution in [-0.4, -0.2) is 13.1 Å². The molecule has 0 aliphatic carbocycles. The lowest BCUT2D eigenvalue weighted by atomic mass is 9.97. The van der Waals surface area contributed by atoms with E-state index < -0.39 is 0 Å². The molecule has 1 N–H and O–H groups in total. The largest absolute Gasteiger partial charge is 0.316 e. The smallest absolute Gasteiger partial charge is 0.0438 e. The summed E-state index contributed by atoms with van der Waals surface area (Å²) in [5.74, 6) is 0.665. The van der Waals surface area contributed by atoms with Gasteiger partial charge in [0.2, 0.25) is 0 Å². The van der Waals surface area contributed by atoms with E-state index in [0.717, 1.165) is 23.7 Å². The Morgan fingerprint density at radius 1 is 1.46 bits per heavy atom. The second-order valence-corrected chi connectivity index (χ2v) is 4.11. The van der Waals surface area contributed by atoms with Gasteiger partial charge in [-0.05, 0) is 43.0 Å². The molecule has 2 rings (SSSR count). The van der Waals surface area contributed by atoms with Gasteiger partial charge in [0.05, 0.1) is 0 Å². The molecule has 0 amide bonds. The maximum absolute atomic E-state index is 6.07. The predicted octanol–water partition coefficient (Wildman–Crippen LogP) is 2.73. The van der Waals surface area contributed by atoms with Crippen LogP contribution < -0.4 is 5.32 Å². The summed E-state index contributed by atoms with van der Waals surface area (Å²) < 4.78 is 0. The summed E-state index contributed by atoms with van der Waals surface area (Å²) >= 11 is 6.07. The van der Waals surface area contributed by atoms with Crippen LogP contribution in [0.3, 0.4) is 0 Å². The fourth-order valence-electron chi connectivity index (χ4n) is 1.80. The Hall–Kier alpha value is -0.530. The van der Waals surface area contributed by atoms with Crippen molar-refractivity contribution in [1.29, 1.82) is 0 Å². The van der Waals surface area contributed by atoms with E-state index in [1.807, 2.05) is 6.92 Å². The topological polar surface area (TPSA) is 12.0 Å². The van der Waals surface area contributed by atoms with Crippen LogP contribution in [0.2, 0.25) is 5.02 Å². The van der Waals surface area contributed by atoms with E-state index in [1.165, 1.54) is 12.0 Å². The molecule has 1 unspecified atom stereocenters. The Labute approximate surface area is 84.1 Å². The molecule has 1 nitrogen and oxygen atoms in total. The van der Waals surface area contributed by atoms with E-state index in [-0.39, 0.29) is 0 Å². The normalized spacial score (nSPS) is 22.2. The van der Waals surface area contributed by atoms with Gasteiger partial charge in [-0.1, -0.05) is 23.7 Å². The van der Waals surface area contributed by atoms with Crippen LogP contribution in [0.25, 0.3) is 0 Å². The highest BCUT2D eigenvalue weighted by atomic mass is 35.5. The fourth-order valence-corrected chi connectivity index (χ4v) is 1.99. The first-order valence-corrected chi connectivity index (χ1v) is 5.12. The molecule has 1 fully saturated rings. The van der Waals surface area contributed by atoms with Gasteiger partial charge in [0.25, 0.3) is 0 Å². The molecule has 1 aromatic rings. The number of rotatable bonds is 1. The van der Waals surface area contributed by atoms with Crippen molar-refractivity contribution >= 4 is 11.6 Å². The quantitative estimate of drug-likeness (QED) is 0.727. The summed E-state index contributed by atoms with van der Waals surface area (Å²) in [7, 11) is 0. The van der Waals surface area contributed by atoms with Gasteiger partial charge < -0.3 is 5.32 Å². The van der Waals surface area contributed by atoms with Crippen molar-refractivity contribution in [3.8, 4) is 0 Å². The molecule has 0 radical (unpaired) electrons. The molecular formula is C11H14ClN. The molecule has 1 heterocycles. The number of hydrogen-bond donors (Lipinski definition) is 1. The van der Waals surface area contributed by atoms with Gasteiger partial charge >= 0.3 is 0 Å². The number of aryl methyl sites for hydroxylation is 1. The molecule has 1 aromatic carbocycles. The lowest BCUT2D eigenvalue weighted by Gasteiger charge is -2.09. The maximum atomic E-state index is 6.07. The highest BCUT2D eigenvalue weighted by Crippen LogP contribution is 2.26. The summed E-state index contributed by atoms with van der Waals surface area (Å²) in [6, 6.07) is 6.41. The zero-order valence-electron chi connectivity index (χ0n) is 7.81. The molecule has 70 valence electrons. The van der Waals surface area contributed by atoms with E-state index in [2.05, 4.69) is 23.5 Å². The third kappa shape index (κ3) is 1.87. The number of hydrogen-bond acceptors (Lipinski definition) is 1. The Morgan fingerprint density at radius 2 is 2.31 bits per heavy atom. The zero-order valence-corrected chi connectivity index (χ0v) is 8.56. The van der Waals surface area contributed by atoms with E-state index in [9.17, 15) is 0 Å². The number of halogens is 1. The average Bonchev–Trinajstić information content (AvgIpc) is 2.62. The third-order valence-corrected chi connectivity index (χ3v) is 3.13. The van der Waals surface area contributed by atoms with Crippen LogP contribution in [0, 0.1) is 6.92 Å². The van der Waals surface area contributed by atoms with Gasteiger partial charge in [-0.15, -0.1) is 0 Å². The van der Waals surface area contributed by atoms with Crippen LogP contribution in [0.15, 0.2) is 18.2 Å². The molecule has 13 heavy (non-hydrogen) atoms. The highest BCUT2D eigenvalue weighted by Gasteiger charge is 2.16. The van der Waals surface area contributed by atoms with Crippen LogP contribution in [0.5, 0.6) is 0 Å². The minimum atomic E-state index is 0.665. The van der Waals surface area contributed by atoms with Crippen molar-refractivity contribution in [1.82, 2.24) is 5.32 Å². The van der Waals surface area contributed by atoms with Crippen molar-refractivity contribution in [3.05, 3.63) is 34.3 Å². The molecule has 0 aromatic heterocycles. The first-order chi connectivity index (χ1) is 6.27. The lowest BCUT2D eigenvalue weighted by Crippen LogP contribution is -2.07. The molecule has 0 saturated carbocycles. The van der Waals surface area contributed by atoms with E-state index in [1.54, 1.807) is 0 Å². The van der Waals surface area contributed by atoms with Crippen LogP contribution in [0.4, 0.5) is 0 Å². The first kappa shape index (κ1) is 9.04. The van der Waals surface area contributed by atoms with Gasteiger partial charge in [0.1, 0.15) is 0 Å². The van der Waals surface area contributed by atoms with Gasteiger partial charge in [-0.25, -0.2) is 0 Å². The molecule has 1 aliphatic heterocycles. The summed E-state index contributed by atoms with van der Waals surface area (Å²) in [6.45, 7) is 4.27. The van der Waals surface area contributed by atoms with Gasteiger partial charge in [-0.3, -0.25) is 0 Å². The first-order valence-electron chi connectivity index (χ1n) is 4.74. The van der Waals surface area contributed by atoms with Gasteiger partial charge in [-0.2, -0.15) is 0 Å². The second kappa shape index (κ2) is 3.69. The molecule has 1 aliphatic rings. The Bertz CT molecular complexity index is 303. The van der Waals surface area contributed by atoms with Crippen LogP contribution >= 0.6 is 11.6 Å². The SMILES string of the molecule is Cc1ccc(C2CCNC2)cc1Cl. The zero-order chi connectivity index (χ0) is 9.26. The number of nitrogens with one attached hydrogen (secondary N) is 1. The van der Waals surface area contributed by atoms with Crippen molar-refractivity contribution in [3.63, 3.8) is 0 Å². The van der Waals surface area contributed by atoms with Gasteiger partial charge in [0.15, 0.2) is 0 Å². The fraction of sp³-hybridized carbons (Fsp3) is 0.455. The van der Waals surface area contributed by atoms with Crippen LogP contribution in [-0.2, 0) is 0 Å². The third-order valence-electron chi connectivity index (χ3n) is 2.73. The summed E-state index contributed by atoms with van der Waals surface area (Å²) in [6.07, 6.45) is 1.24. The molecule has 0 bridgehead atoms. The second-order valence-electron chi connectivity index (χ2n) is 3.70.